The van der Waals surface area contributed by atoms with Gasteiger partial charge in [-0.3, -0.25) is 4.84 Å². The topological polar surface area (TPSA) is 21.3 Å². The van der Waals surface area contributed by atoms with Crippen LogP contribution < -0.4 is 5.48 Å². The zero-order valence-electron chi connectivity index (χ0n) is 3.15. The Balaban J connectivity index is 2.18. The maximum absolute atomic E-state index is 5.47. The molecule has 6 heavy (non-hydrogen) atoms. The van der Waals surface area contributed by atoms with Crippen molar-refractivity contribution >= 4 is 11.6 Å². The van der Waals surface area contributed by atoms with Crippen molar-refractivity contribution in [3.63, 3.8) is 0 Å². The van der Waals surface area contributed by atoms with E-state index in [4.69, 9.17) is 11.6 Å². The second-order valence-corrected chi connectivity index (χ2v) is 1.68. The summed E-state index contributed by atoms with van der Waals surface area (Å²) in [5.74, 6) is 0. The molecule has 1 N–H and O–H groups in total. The zero-order valence-corrected chi connectivity index (χ0v) is 3.90. The van der Waals surface area contributed by atoms with Crippen LogP contribution >= 0.6 is 11.6 Å². The highest BCUT2D eigenvalue weighted by Crippen LogP contribution is 2.03. The first-order valence-corrected chi connectivity index (χ1v) is 2.19. The van der Waals surface area contributed by atoms with Gasteiger partial charge in [0.1, 0.15) is 6.61 Å². The molecule has 2 nitrogen and oxygen atoms in total. The molecular weight excluding hydrogens is 101 g/mol. The molecule has 1 atom stereocenters. The highest BCUT2D eigenvalue weighted by Gasteiger charge is 2.10. The molecule has 1 radical (unpaired) electrons. The van der Waals surface area contributed by atoms with Crippen molar-refractivity contribution in [3.8, 4) is 0 Å². The minimum atomic E-state index is 0.0602. The van der Waals surface area contributed by atoms with Crippen molar-refractivity contribution in [1.82, 2.24) is 5.48 Å². The smallest absolute Gasteiger partial charge is 0.126 e. The van der Waals surface area contributed by atoms with E-state index in [-0.39, 0.29) is 5.38 Å². The monoisotopic (exact) mass is 106 g/mol. The van der Waals surface area contributed by atoms with Crippen molar-refractivity contribution in [2.24, 2.45) is 0 Å². The maximum atomic E-state index is 5.47. The Hall–Kier alpha value is 0.210. The molecule has 1 saturated heterocycles. The van der Waals surface area contributed by atoms with Crippen LogP contribution in [0.5, 0.6) is 0 Å². The summed E-state index contributed by atoms with van der Waals surface area (Å²) >= 11 is 5.47. The van der Waals surface area contributed by atoms with Crippen LogP contribution in [0.4, 0.5) is 0 Å². The van der Waals surface area contributed by atoms with Crippen LogP contribution in [0.1, 0.15) is 0 Å². The van der Waals surface area contributed by atoms with E-state index in [2.05, 4.69) is 10.3 Å². The molecule has 35 valence electrons. The molecule has 1 fully saturated rings. The minimum absolute atomic E-state index is 0.0602. The predicted molar refractivity (Wildman–Crippen MR) is 23.0 cm³/mol. The molecule has 1 aliphatic heterocycles. The highest BCUT2D eigenvalue weighted by atomic mass is 35.5. The average Bonchev–Trinajstić information content (AvgIpc) is 1.86. The Morgan fingerprint density at radius 2 is 2.83 bits per heavy atom. The number of nitrogens with one attached hydrogen (secondary N) is 1. The fourth-order valence-electron chi connectivity index (χ4n) is 0.298. The largest absolute Gasteiger partial charge is 0.294 e. The van der Waals surface area contributed by atoms with Crippen molar-refractivity contribution < 1.29 is 4.84 Å². The lowest BCUT2D eigenvalue weighted by Gasteiger charge is -1.82. The highest BCUT2D eigenvalue weighted by molar-refractivity contribution is 6.21. The van der Waals surface area contributed by atoms with E-state index in [0.717, 1.165) is 6.54 Å². The fourth-order valence-corrected chi connectivity index (χ4v) is 0.412. The van der Waals surface area contributed by atoms with Crippen molar-refractivity contribution in [2.45, 2.75) is 5.38 Å². The van der Waals surface area contributed by atoms with Crippen LogP contribution in [0, 0.1) is 6.61 Å². The first-order chi connectivity index (χ1) is 2.89. The molecule has 1 aliphatic rings. The van der Waals surface area contributed by atoms with Gasteiger partial charge in [-0.25, -0.2) is 5.48 Å². The Morgan fingerprint density at radius 3 is 3.00 bits per heavy atom. The first-order valence-electron chi connectivity index (χ1n) is 1.75. The summed E-state index contributed by atoms with van der Waals surface area (Å²) in [4.78, 5) is 4.55. The van der Waals surface area contributed by atoms with E-state index >= 15 is 0 Å². The second kappa shape index (κ2) is 1.78. The third-order valence-electron chi connectivity index (χ3n) is 0.577. The number of hydrogen-bond acceptors (Lipinski definition) is 2. The molecule has 0 spiro atoms. The van der Waals surface area contributed by atoms with E-state index in [1.807, 2.05) is 0 Å². The van der Waals surface area contributed by atoms with Gasteiger partial charge in [-0.05, 0) is 0 Å². The third kappa shape index (κ3) is 0.834. The van der Waals surface area contributed by atoms with E-state index < -0.39 is 0 Å². The lowest BCUT2D eigenvalue weighted by molar-refractivity contribution is 0.148. The van der Waals surface area contributed by atoms with E-state index in [1.165, 1.54) is 0 Å². The predicted octanol–water partition coefficient (Wildman–Crippen LogP) is 0.290. The van der Waals surface area contributed by atoms with Crippen LogP contribution in [0.25, 0.3) is 0 Å². The number of hydroxylamine groups is 1. The quantitative estimate of drug-likeness (QED) is 0.448. The van der Waals surface area contributed by atoms with Gasteiger partial charge in [0.05, 0.1) is 5.38 Å². The summed E-state index contributed by atoms with van der Waals surface area (Å²) in [6.45, 7) is 2.28. The van der Waals surface area contributed by atoms with Gasteiger partial charge in [-0.15, -0.1) is 11.6 Å². The molecule has 3 heteroatoms. The normalized spacial score (nSPS) is 34.5. The molecule has 0 saturated carbocycles. The van der Waals surface area contributed by atoms with E-state index in [0.29, 0.717) is 0 Å². The van der Waals surface area contributed by atoms with Crippen LogP contribution in [-0.2, 0) is 4.84 Å². The van der Waals surface area contributed by atoms with Gasteiger partial charge in [0.15, 0.2) is 0 Å². The summed E-state index contributed by atoms with van der Waals surface area (Å²) < 4.78 is 0. The van der Waals surface area contributed by atoms with Crippen LogP contribution in [-0.4, -0.2) is 11.9 Å². The molecule has 0 bridgehead atoms. The van der Waals surface area contributed by atoms with Gasteiger partial charge >= 0.3 is 0 Å². The van der Waals surface area contributed by atoms with E-state index in [1.54, 1.807) is 6.61 Å². The molecule has 1 unspecified atom stereocenters. The van der Waals surface area contributed by atoms with Crippen LogP contribution in [0.3, 0.4) is 0 Å². The molecule has 0 aliphatic carbocycles. The van der Waals surface area contributed by atoms with Gasteiger partial charge in [-0.1, -0.05) is 0 Å². The third-order valence-corrected chi connectivity index (χ3v) is 0.835. The van der Waals surface area contributed by atoms with Gasteiger partial charge in [0, 0.05) is 6.54 Å². The number of hydrogen-bond donors (Lipinski definition) is 1. The van der Waals surface area contributed by atoms with Crippen LogP contribution in [0.15, 0.2) is 0 Å². The zero-order chi connectivity index (χ0) is 4.41. The van der Waals surface area contributed by atoms with Crippen molar-refractivity contribution in [3.05, 3.63) is 6.61 Å². The lowest BCUT2D eigenvalue weighted by atomic mass is 10.5. The Labute approximate surface area is 41.4 Å². The lowest BCUT2D eigenvalue weighted by Crippen LogP contribution is -2.06. The minimum Gasteiger partial charge on any atom is -0.294 e. The maximum Gasteiger partial charge on any atom is 0.126 e. The Bertz CT molecular complexity index is 44.1. The summed E-state index contributed by atoms with van der Waals surface area (Å²) in [7, 11) is 0. The van der Waals surface area contributed by atoms with Crippen LogP contribution in [0.2, 0.25) is 0 Å². The van der Waals surface area contributed by atoms with Gasteiger partial charge in [0.2, 0.25) is 0 Å². The Morgan fingerprint density at radius 1 is 2.00 bits per heavy atom. The van der Waals surface area contributed by atoms with Crippen molar-refractivity contribution in [1.29, 1.82) is 0 Å². The summed E-state index contributed by atoms with van der Waals surface area (Å²) in [6.07, 6.45) is 0. The first kappa shape index (κ1) is 4.37. The summed E-state index contributed by atoms with van der Waals surface area (Å²) in [5, 5.41) is 0.0602. The molecule has 0 aromatic rings. The number of rotatable bonds is 0. The molecule has 0 aromatic heterocycles. The van der Waals surface area contributed by atoms with Crippen molar-refractivity contribution in [2.75, 3.05) is 6.54 Å². The van der Waals surface area contributed by atoms with Gasteiger partial charge in [-0.2, -0.15) is 0 Å². The fraction of sp³-hybridized carbons (Fsp3) is 0.667. The van der Waals surface area contributed by atoms with Gasteiger partial charge < -0.3 is 0 Å². The number of halogens is 1. The molecular formula is C3H5ClNO. The second-order valence-electron chi connectivity index (χ2n) is 1.12. The van der Waals surface area contributed by atoms with E-state index in [9.17, 15) is 0 Å². The Kier molecular flexibility index (Phi) is 1.29. The molecule has 0 amide bonds. The molecule has 1 heterocycles. The molecule has 0 aromatic carbocycles. The summed E-state index contributed by atoms with van der Waals surface area (Å²) in [5.41, 5.74) is 2.58. The number of alkyl halides is 1. The molecule has 1 rings (SSSR count). The average molecular weight is 107 g/mol. The standard InChI is InChI=1S/C3H5ClNO/c4-3-1-5-6-2-3/h2-3,5H,1H2. The van der Waals surface area contributed by atoms with Gasteiger partial charge in [0.25, 0.3) is 0 Å². The SMILES string of the molecule is ClC1[CH]ONC1. The summed E-state index contributed by atoms with van der Waals surface area (Å²) in [6, 6.07) is 0.